The quantitative estimate of drug-likeness (QED) is 0.711. The Morgan fingerprint density at radius 2 is 1.94 bits per heavy atom. The van der Waals surface area contributed by atoms with Gasteiger partial charge in [0.1, 0.15) is 0 Å². The summed E-state index contributed by atoms with van der Waals surface area (Å²) in [4.78, 5) is 11.8. The van der Waals surface area contributed by atoms with Gasteiger partial charge in [0.15, 0.2) is 0 Å². The first kappa shape index (κ1) is 14.9. The predicted octanol–water partition coefficient (Wildman–Crippen LogP) is 2.99. The maximum atomic E-state index is 11.8. The molecule has 0 aromatic heterocycles. The van der Waals surface area contributed by atoms with Crippen molar-refractivity contribution < 1.29 is 4.79 Å². The van der Waals surface area contributed by atoms with Crippen LogP contribution in [0.2, 0.25) is 0 Å². The molecule has 1 aromatic rings. The molecule has 18 heavy (non-hydrogen) atoms. The third-order valence-electron chi connectivity index (χ3n) is 2.59. The van der Waals surface area contributed by atoms with Crippen LogP contribution in [-0.4, -0.2) is 31.0 Å². The van der Waals surface area contributed by atoms with Gasteiger partial charge >= 0.3 is 0 Å². The lowest BCUT2D eigenvalue weighted by Gasteiger charge is -2.06. The van der Waals surface area contributed by atoms with Crippen LogP contribution >= 0.6 is 11.8 Å². The minimum absolute atomic E-state index is 0.0159. The van der Waals surface area contributed by atoms with Crippen molar-refractivity contribution in [3.63, 3.8) is 0 Å². The molecule has 0 atom stereocenters. The van der Waals surface area contributed by atoms with Crippen molar-refractivity contribution in [2.45, 2.75) is 19.8 Å². The van der Waals surface area contributed by atoms with Gasteiger partial charge in [0.2, 0.25) is 0 Å². The Labute approximate surface area is 114 Å². The number of hydrogen-bond acceptors (Lipinski definition) is 3. The summed E-state index contributed by atoms with van der Waals surface area (Å²) >= 11 is 1.84. The number of benzene rings is 1. The molecule has 4 heteroatoms. The van der Waals surface area contributed by atoms with Crippen molar-refractivity contribution in [3.05, 3.63) is 29.8 Å². The first-order valence-corrected chi connectivity index (χ1v) is 7.78. The zero-order chi connectivity index (χ0) is 13.2. The van der Waals surface area contributed by atoms with Crippen molar-refractivity contribution in [2.75, 3.05) is 30.4 Å². The SMILES string of the molecule is CCNc1ccc(C(=O)NCCCCSC)cc1. The van der Waals surface area contributed by atoms with Crippen LogP contribution in [0.15, 0.2) is 24.3 Å². The van der Waals surface area contributed by atoms with E-state index in [0.717, 1.165) is 42.9 Å². The van der Waals surface area contributed by atoms with Gasteiger partial charge < -0.3 is 10.6 Å². The van der Waals surface area contributed by atoms with Gasteiger partial charge in [0.05, 0.1) is 0 Å². The van der Waals surface area contributed by atoms with Crippen molar-refractivity contribution in [2.24, 2.45) is 0 Å². The molecule has 1 aromatic carbocycles. The van der Waals surface area contributed by atoms with Gasteiger partial charge in [0, 0.05) is 24.3 Å². The van der Waals surface area contributed by atoms with Crippen LogP contribution in [-0.2, 0) is 0 Å². The highest BCUT2D eigenvalue weighted by Gasteiger charge is 2.03. The van der Waals surface area contributed by atoms with E-state index < -0.39 is 0 Å². The van der Waals surface area contributed by atoms with E-state index >= 15 is 0 Å². The molecule has 100 valence electrons. The maximum Gasteiger partial charge on any atom is 0.251 e. The molecule has 3 nitrogen and oxygen atoms in total. The Balaban J connectivity index is 2.32. The molecule has 0 fully saturated rings. The Kier molecular flexibility index (Phi) is 7.34. The number of carbonyl (C=O) groups is 1. The van der Waals surface area contributed by atoms with E-state index in [9.17, 15) is 4.79 Å². The molecule has 0 bridgehead atoms. The Morgan fingerprint density at radius 3 is 2.56 bits per heavy atom. The molecular formula is C14H22N2OS. The predicted molar refractivity (Wildman–Crippen MR) is 80.6 cm³/mol. The minimum Gasteiger partial charge on any atom is -0.385 e. The van der Waals surface area contributed by atoms with E-state index in [0.29, 0.717) is 0 Å². The van der Waals surface area contributed by atoms with Crippen molar-refractivity contribution >= 4 is 23.4 Å². The van der Waals surface area contributed by atoms with Crippen molar-refractivity contribution in [1.82, 2.24) is 5.32 Å². The summed E-state index contributed by atoms with van der Waals surface area (Å²) in [6.45, 7) is 3.70. The van der Waals surface area contributed by atoms with Crippen LogP contribution in [0, 0.1) is 0 Å². The number of unbranched alkanes of at least 4 members (excludes halogenated alkanes) is 1. The topological polar surface area (TPSA) is 41.1 Å². The summed E-state index contributed by atoms with van der Waals surface area (Å²) in [6.07, 6.45) is 4.30. The lowest BCUT2D eigenvalue weighted by molar-refractivity contribution is 0.0953. The van der Waals surface area contributed by atoms with E-state index in [4.69, 9.17) is 0 Å². The molecule has 0 aliphatic carbocycles. The van der Waals surface area contributed by atoms with Crippen molar-refractivity contribution in [3.8, 4) is 0 Å². The zero-order valence-corrected chi connectivity index (χ0v) is 12.0. The highest BCUT2D eigenvalue weighted by molar-refractivity contribution is 7.98. The molecule has 0 spiro atoms. The largest absolute Gasteiger partial charge is 0.385 e. The van der Waals surface area contributed by atoms with Crippen LogP contribution in [0.1, 0.15) is 30.1 Å². The Bertz CT molecular complexity index is 351. The van der Waals surface area contributed by atoms with Gasteiger partial charge in [-0.15, -0.1) is 0 Å². The van der Waals surface area contributed by atoms with Crippen LogP contribution in [0.3, 0.4) is 0 Å². The monoisotopic (exact) mass is 266 g/mol. The van der Waals surface area contributed by atoms with Gasteiger partial charge in [-0.2, -0.15) is 11.8 Å². The zero-order valence-electron chi connectivity index (χ0n) is 11.2. The Hall–Kier alpha value is -1.16. The Morgan fingerprint density at radius 1 is 1.22 bits per heavy atom. The summed E-state index contributed by atoms with van der Waals surface area (Å²) in [5, 5.41) is 6.15. The van der Waals surface area contributed by atoms with Gasteiger partial charge in [-0.1, -0.05) is 0 Å². The fourth-order valence-corrected chi connectivity index (χ4v) is 2.11. The first-order chi connectivity index (χ1) is 8.77. The van der Waals surface area contributed by atoms with Gasteiger partial charge in [0.25, 0.3) is 5.91 Å². The smallest absolute Gasteiger partial charge is 0.251 e. The second kappa shape index (κ2) is 8.86. The summed E-state index contributed by atoms with van der Waals surface area (Å²) in [5.74, 6) is 1.18. The molecule has 0 unspecified atom stereocenters. The number of hydrogen-bond donors (Lipinski definition) is 2. The van der Waals surface area contributed by atoms with Crippen LogP contribution in [0.5, 0.6) is 0 Å². The molecule has 1 rings (SSSR count). The van der Waals surface area contributed by atoms with Gasteiger partial charge in [-0.05, 0) is 56.0 Å². The maximum absolute atomic E-state index is 11.8. The molecule has 0 heterocycles. The molecule has 2 N–H and O–H groups in total. The second-order valence-electron chi connectivity index (χ2n) is 4.06. The molecule has 0 saturated carbocycles. The number of thioether (sulfide) groups is 1. The summed E-state index contributed by atoms with van der Waals surface area (Å²) in [5.41, 5.74) is 1.77. The fourth-order valence-electron chi connectivity index (χ4n) is 1.62. The van der Waals surface area contributed by atoms with Crippen LogP contribution in [0.25, 0.3) is 0 Å². The third kappa shape index (κ3) is 5.45. The lowest BCUT2D eigenvalue weighted by atomic mass is 10.2. The van der Waals surface area contributed by atoms with Gasteiger partial charge in [-0.25, -0.2) is 0 Å². The molecular weight excluding hydrogens is 244 g/mol. The molecule has 0 radical (unpaired) electrons. The normalized spacial score (nSPS) is 10.1. The van der Waals surface area contributed by atoms with E-state index in [1.807, 2.05) is 36.0 Å². The average molecular weight is 266 g/mol. The average Bonchev–Trinajstić information content (AvgIpc) is 2.39. The number of nitrogens with one attached hydrogen (secondary N) is 2. The molecule has 0 aliphatic heterocycles. The summed E-state index contributed by atoms with van der Waals surface area (Å²) in [6, 6.07) is 7.59. The van der Waals surface area contributed by atoms with E-state index in [2.05, 4.69) is 23.8 Å². The number of rotatable bonds is 8. The first-order valence-electron chi connectivity index (χ1n) is 6.39. The summed E-state index contributed by atoms with van der Waals surface area (Å²) in [7, 11) is 0. The van der Waals surface area contributed by atoms with Crippen LogP contribution < -0.4 is 10.6 Å². The van der Waals surface area contributed by atoms with Crippen molar-refractivity contribution in [1.29, 1.82) is 0 Å². The highest BCUT2D eigenvalue weighted by atomic mass is 32.2. The van der Waals surface area contributed by atoms with Crippen LogP contribution in [0.4, 0.5) is 5.69 Å². The molecule has 1 amide bonds. The number of carbonyl (C=O) groups excluding carboxylic acids is 1. The highest BCUT2D eigenvalue weighted by Crippen LogP contribution is 2.09. The van der Waals surface area contributed by atoms with E-state index in [1.54, 1.807) is 0 Å². The lowest BCUT2D eigenvalue weighted by Crippen LogP contribution is -2.24. The fraction of sp³-hybridized carbons (Fsp3) is 0.500. The standard InChI is InChI=1S/C14H22N2OS/c1-3-15-13-8-6-12(7-9-13)14(17)16-10-4-5-11-18-2/h6-9,15H,3-5,10-11H2,1-2H3,(H,16,17). The number of anilines is 1. The third-order valence-corrected chi connectivity index (χ3v) is 3.29. The van der Waals surface area contributed by atoms with Gasteiger partial charge in [-0.3, -0.25) is 4.79 Å². The second-order valence-corrected chi connectivity index (χ2v) is 5.05. The summed E-state index contributed by atoms with van der Waals surface area (Å²) < 4.78 is 0. The molecule has 0 saturated heterocycles. The minimum atomic E-state index is 0.0159. The molecule has 0 aliphatic rings. The van der Waals surface area contributed by atoms with E-state index in [-0.39, 0.29) is 5.91 Å². The van der Waals surface area contributed by atoms with E-state index in [1.165, 1.54) is 0 Å². The number of amides is 1.